The summed E-state index contributed by atoms with van der Waals surface area (Å²) in [6.45, 7) is 5.24. The van der Waals surface area contributed by atoms with Crippen molar-refractivity contribution in [2.75, 3.05) is 11.9 Å². The summed E-state index contributed by atoms with van der Waals surface area (Å²) in [6, 6.07) is 12.1. The molecule has 134 valence electrons. The van der Waals surface area contributed by atoms with Gasteiger partial charge in [-0.25, -0.2) is 4.68 Å². The summed E-state index contributed by atoms with van der Waals surface area (Å²) in [4.78, 5) is 0. The molecule has 3 aromatic rings. The Kier molecular flexibility index (Phi) is 4.68. The van der Waals surface area contributed by atoms with E-state index in [9.17, 15) is 0 Å². The topological polar surface area (TPSA) is 29.9 Å². The van der Waals surface area contributed by atoms with Gasteiger partial charge in [-0.3, -0.25) is 0 Å². The van der Waals surface area contributed by atoms with Crippen molar-refractivity contribution in [1.29, 1.82) is 0 Å². The van der Waals surface area contributed by atoms with Crippen molar-refractivity contribution in [3.8, 4) is 16.9 Å². The number of hydrogen-bond donors (Lipinski definition) is 1. The van der Waals surface area contributed by atoms with Gasteiger partial charge in [0, 0.05) is 17.7 Å². The number of rotatable bonds is 2. The van der Waals surface area contributed by atoms with Gasteiger partial charge in [-0.15, -0.1) is 0 Å². The van der Waals surface area contributed by atoms with Crippen LogP contribution in [0.15, 0.2) is 36.4 Å². The van der Waals surface area contributed by atoms with Gasteiger partial charge in [-0.05, 0) is 62.4 Å². The number of fused-ring (bicyclic) bond motifs is 1. The number of hydrogen-bond acceptors (Lipinski definition) is 2. The quantitative estimate of drug-likeness (QED) is 0.567. The van der Waals surface area contributed by atoms with Gasteiger partial charge in [-0.2, -0.15) is 5.10 Å². The average molecular weight is 386 g/mol. The van der Waals surface area contributed by atoms with Crippen LogP contribution in [-0.4, -0.2) is 16.3 Å². The number of aromatic nitrogens is 2. The van der Waals surface area contributed by atoms with Gasteiger partial charge in [-0.1, -0.05) is 41.4 Å². The Morgan fingerprint density at radius 3 is 2.69 bits per heavy atom. The summed E-state index contributed by atoms with van der Waals surface area (Å²) in [5, 5.41) is 9.72. The van der Waals surface area contributed by atoms with Crippen LogP contribution in [0.25, 0.3) is 16.9 Å². The van der Waals surface area contributed by atoms with Gasteiger partial charge < -0.3 is 5.32 Å². The Morgan fingerprint density at radius 2 is 1.88 bits per heavy atom. The molecule has 1 aliphatic rings. The highest BCUT2D eigenvalue weighted by Crippen LogP contribution is 2.36. The molecule has 5 heteroatoms. The highest BCUT2D eigenvalue weighted by molar-refractivity contribution is 6.42. The molecule has 2 heterocycles. The van der Waals surface area contributed by atoms with Crippen molar-refractivity contribution in [3.63, 3.8) is 0 Å². The van der Waals surface area contributed by atoms with Gasteiger partial charge in [0.05, 0.1) is 21.4 Å². The zero-order valence-electron chi connectivity index (χ0n) is 14.9. The third-order valence-electron chi connectivity index (χ3n) is 5.13. The molecule has 1 aliphatic heterocycles. The molecule has 0 spiro atoms. The zero-order chi connectivity index (χ0) is 18.3. The van der Waals surface area contributed by atoms with Crippen molar-refractivity contribution >= 4 is 29.0 Å². The number of anilines is 1. The predicted octanol–water partition coefficient (Wildman–Crippen LogP) is 6.21. The molecule has 4 rings (SSSR count). The van der Waals surface area contributed by atoms with Gasteiger partial charge in [0.25, 0.3) is 0 Å². The summed E-state index contributed by atoms with van der Waals surface area (Å²) in [5.41, 5.74) is 6.85. The molecule has 0 amide bonds. The maximum atomic E-state index is 6.27. The van der Waals surface area contributed by atoms with Crippen LogP contribution in [0.4, 0.5) is 5.82 Å². The minimum atomic E-state index is 0.556. The molecule has 2 aromatic carbocycles. The van der Waals surface area contributed by atoms with Gasteiger partial charge in [0.1, 0.15) is 5.82 Å². The minimum Gasteiger partial charge on any atom is -0.370 e. The van der Waals surface area contributed by atoms with Crippen molar-refractivity contribution in [2.45, 2.75) is 33.1 Å². The van der Waals surface area contributed by atoms with E-state index in [1.165, 1.54) is 16.7 Å². The van der Waals surface area contributed by atoms with Crippen molar-refractivity contribution in [2.24, 2.45) is 0 Å². The molecule has 0 saturated heterocycles. The standard InChI is InChI=1S/C21H21Cl2N3/c1-13-6-5-8-19(14(13)2)26-21-16(7-3-4-11-24-21)20(25-26)15-9-10-17(22)18(23)12-15/h5-6,8-10,12,24H,3-4,7,11H2,1-2H3. The Labute approximate surface area is 163 Å². The molecule has 3 nitrogen and oxygen atoms in total. The molecule has 0 fully saturated rings. The molecule has 0 saturated carbocycles. The summed E-state index contributed by atoms with van der Waals surface area (Å²) in [7, 11) is 0. The Balaban J connectivity index is 1.94. The van der Waals surface area contributed by atoms with Crippen molar-refractivity contribution in [1.82, 2.24) is 9.78 Å². The lowest BCUT2D eigenvalue weighted by Crippen LogP contribution is -2.08. The lowest BCUT2D eigenvalue weighted by molar-refractivity contribution is 0.779. The van der Waals surface area contributed by atoms with E-state index in [0.29, 0.717) is 10.0 Å². The first-order chi connectivity index (χ1) is 12.6. The smallest absolute Gasteiger partial charge is 0.133 e. The minimum absolute atomic E-state index is 0.556. The van der Waals surface area contributed by atoms with E-state index in [1.807, 2.05) is 18.2 Å². The Hall–Kier alpha value is -1.97. The van der Waals surface area contributed by atoms with Crippen LogP contribution in [0.5, 0.6) is 0 Å². The molecule has 1 N–H and O–H groups in total. The number of benzene rings is 2. The second kappa shape index (κ2) is 6.98. The Bertz CT molecular complexity index is 976. The van der Waals surface area contributed by atoms with Gasteiger partial charge in [0.15, 0.2) is 0 Å². The predicted molar refractivity (Wildman–Crippen MR) is 110 cm³/mol. The van der Waals surface area contributed by atoms with Crippen molar-refractivity contribution < 1.29 is 0 Å². The van der Waals surface area contributed by atoms with E-state index in [4.69, 9.17) is 28.3 Å². The van der Waals surface area contributed by atoms with E-state index < -0.39 is 0 Å². The molecule has 26 heavy (non-hydrogen) atoms. The fraction of sp³-hybridized carbons (Fsp3) is 0.286. The highest BCUT2D eigenvalue weighted by Gasteiger charge is 2.22. The monoisotopic (exact) mass is 385 g/mol. The molecule has 0 bridgehead atoms. The highest BCUT2D eigenvalue weighted by atomic mass is 35.5. The van der Waals surface area contributed by atoms with Crippen LogP contribution in [-0.2, 0) is 6.42 Å². The summed E-state index contributed by atoms with van der Waals surface area (Å²) >= 11 is 12.4. The average Bonchev–Trinajstić information content (AvgIpc) is 2.81. The molecular formula is C21H21Cl2N3. The largest absolute Gasteiger partial charge is 0.370 e. The summed E-state index contributed by atoms with van der Waals surface area (Å²) in [5.74, 6) is 1.09. The van der Waals surface area contributed by atoms with E-state index in [1.54, 1.807) is 0 Å². The second-order valence-corrected chi connectivity index (χ2v) is 7.63. The molecule has 0 radical (unpaired) electrons. The lowest BCUT2D eigenvalue weighted by atomic mass is 10.0. The first-order valence-electron chi connectivity index (χ1n) is 8.94. The first kappa shape index (κ1) is 17.4. The fourth-order valence-corrected chi connectivity index (χ4v) is 3.82. The number of halogens is 2. The first-order valence-corrected chi connectivity index (χ1v) is 9.69. The second-order valence-electron chi connectivity index (χ2n) is 6.82. The van der Waals surface area contributed by atoms with Crippen LogP contribution in [0, 0.1) is 13.8 Å². The zero-order valence-corrected chi connectivity index (χ0v) is 16.5. The van der Waals surface area contributed by atoms with Crippen molar-refractivity contribution in [3.05, 3.63) is 63.1 Å². The SMILES string of the molecule is Cc1cccc(-n2nc(-c3ccc(Cl)c(Cl)c3)c3c2NCCCC3)c1C. The van der Waals surface area contributed by atoms with E-state index in [-0.39, 0.29) is 0 Å². The lowest BCUT2D eigenvalue weighted by Gasteiger charge is -2.13. The van der Waals surface area contributed by atoms with E-state index >= 15 is 0 Å². The maximum absolute atomic E-state index is 6.27. The summed E-state index contributed by atoms with van der Waals surface area (Å²) in [6.07, 6.45) is 3.30. The van der Waals surface area contributed by atoms with Crippen LogP contribution in [0.2, 0.25) is 10.0 Å². The van der Waals surface area contributed by atoms with Crippen LogP contribution in [0.1, 0.15) is 29.5 Å². The van der Waals surface area contributed by atoms with Gasteiger partial charge in [0.2, 0.25) is 0 Å². The summed E-state index contributed by atoms with van der Waals surface area (Å²) < 4.78 is 2.06. The molecule has 1 aromatic heterocycles. The van der Waals surface area contributed by atoms with Crippen LogP contribution in [0.3, 0.4) is 0 Å². The Morgan fingerprint density at radius 1 is 1.04 bits per heavy atom. The van der Waals surface area contributed by atoms with Gasteiger partial charge >= 0.3 is 0 Å². The number of aryl methyl sites for hydroxylation is 1. The maximum Gasteiger partial charge on any atom is 0.133 e. The normalized spacial score (nSPS) is 13.8. The molecule has 0 aliphatic carbocycles. The number of nitrogens with one attached hydrogen (secondary N) is 1. The fourth-order valence-electron chi connectivity index (χ4n) is 3.52. The molecular weight excluding hydrogens is 365 g/mol. The van der Waals surface area contributed by atoms with E-state index in [0.717, 1.165) is 48.6 Å². The molecule has 0 unspecified atom stereocenters. The van der Waals surface area contributed by atoms with E-state index in [2.05, 4.69) is 42.0 Å². The third kappa shape index (κ3) is 3.00. The van der Waals surface area contributed by atoms with Crippen LogP contribution >= 0.6 is 23.2 Å². The number of nitrogens with zero attached hydrogens (tertiary/aromatic N) is 2. The third-order valence-corrected chi connectivity index (χ3v) is 5.87. The van der Waals surface area contributed by atoms with Crippen LogP contribution < -0.4 is 5.32 Å². The molecule has 0 atom stereocenters.